The van der Waals surface area contributed by atoms with Crippen LogP contribution in [0.2, 0.25) is 0 Å². The summed E-state index contributed by atoms with van der Waals surface area (Å²) in [6.45, 7) is 0. The number of amides is 1. The summed E-state index contributed by atoms with van der Waals surface area (Å²) in [6, 6.07) is 9.54. The van der Waals surface area contributed by atoms with Gasteiger partial charge in [0.25, 0.3) is 5.91 Å². The lowest BCUT2D eigenvalue weighted by Gasteiger charge is -2.42. The van der Waals surface area contributed by atoms with Gasteiger partial charge in [0, 0.05) is 11.3 Å². The Bertz CT molecular complexity index is 896. The van der Waals surface area contributed by atoms with E-state index in [1.807, 2.05) is 24.3 Å². The largest absolute Gasteiger partial charge is 0.433 e. The summed E-state index contributed by atoms with van der Waals surface area (Å²) in [4.78, 5) is 22.9. The van der Waals surface area contributed by atoms with Crippen LogP contribution < -0.4 is 10.6 Å². The number of furan rings is 1. The van der Waals surface area contributed by atoms with Crippen molar-refractivity contribution in [1.82, 2.24) is 10.3 Å². The molecule has 0 spiro atoms. The fourth-order valence-electron chi connectivity index (χ4n) is 2.93. The van der Waals surface area contributed by atoms with Crippen LogP contribution in [0, 0.1) is 10.1 Å². The molecule has 128 valence electrons. The topological polar surface area (TPSA) is 113 Å². The summed E-state index contributed by atoms with van der Waals surface area (Å²) in [5.74, 6) is -0.257. The van der Waals surface area contributed by atoms with Gasteiger partial charge in [0.2, 0.25) is 0 Å². The second kappa shape index (κ2) is 5.81. The molecule has 1 amide bonds. The molecule has 0 fully saturated rings. The molecule has 0 bridgehead atoms. The molecule has 0 aliphatic carbocycles. The zero-order valence-electron chi connectivity index (χ0n) is 13.0. The Balaban J connectivity index is 1.83. The molecule has 1 aromatic carbocycles. The predicted octanol–water partition coefficient (Wildman–Crippen LogP) is 2.42. The number of hydrogen-bond acceptors (Lipinski definition) is 8. The summed E-state index contributed by atoms with van der Waals surface area (Å²) in [5.41, 5.74) is 1.53. The van der Waals surface area contributed by atoms with Crippen LogP contribution in [0.15, 0.2) is 45.9 Å². The van der Waals surface area contributed by atoms with Crippen molar-refractivity contribution in [1.29, 1.82) is 0 Å². The van der Waals surface area contributed by atoms with Gasteiger partial charge < -0.3 is 15.1 Å². The highest BCUT2D eigenvalue weighted by Crippen LogP contribution is 2.43. The number of hydrogen-bond donors (Lipinski definition) is 2. The Labute approximate surface area is 146 Å². The van der Waals surface area contributed by atoms with Gasteiger partial charge in [-0.05, 0) is 18.4 Å². The first-order valence-corrected chi connectivity index (χ1v) is 8.62. The van der Waals surface area contributed by atoms with Gasteiger partial charge in [0.1, 0.15) is 4.92 Å². The molecule has 9 nitrogen and oxygen atoms in total. The van der Waals surface area contributed by atoms with Crippen LogP contribution in [0.25, 0.3) is 0 Å². The van der Waals surface area contributed by atoms with Gasteiger partial charge in [-0.3, -0.25) is 14.9 Å². The number of fused-ring (bicyclic) bond motifs is 3. The smallest absolute Gasteiger partial charge is 0.401 e. The number of para-hydroxylation sites is 1. The minimum atomic E-state index is -0.650. The third-order valence-electron chi connectivity index (χ3n) is 4.02. The number of nitro groups is 1. The fourth-order valence-corrected chi connectivity index (χ4v) is 3.31. The summed E-state index contributed by atoms with van der Waals surface area (Å²) < 4.78 is 5.34. The lowest BCUT2D eigenvalue weighted by Crippen LogP contribution is -2.50. The second-order valence-corrected chi connectivity index (χ2v) is 6.24. The lowest BCUT2D eigenvalue weighted by molar-refractivity contribution is -0.402. The highest BCUT2D eigenvalue weighted by molar-refractivity contribution is 8.13. The van der Waals surface area contributed by atoms with Gasteiger partial charge in [0.15, 0.2) is 23.1 Å². The van der Waals surface area contributed by atoms with Gasteiger partial charge >= 0.3 is 5.88 Å². The van der Waals surface area contributed by atoms with E-state index in [2.05, 4.69) is 15.7 Å². The average molecular weight is 359 g/mol. The Morgan fingerprint density at radius 1 is 1.32 bits per heavy atom. The average Bonchev–Trinajstić information content (AvgIpc) is 3.10. The summed E-state index contributed by atoms with van der Waals surface area (Å²) in [6.07, 6.45) is 1.17. The normalized spacial score (nSPS) is 21.6. The summed E-state index contributed by atoms with van der Waals surface area (Å²) in [5, 5.41) is 23.4. The summed E-state index contributed by atoms with van der Waals surface area (Å²) in [7, 11) is 0. The van der Waals surface area contributed by atoms with Crippen molar-refractivity contribution in [2.75, 3.05) is 11.6 Å². The molecule has 4 rings (SSSR count). The van der Waals surface area contributed by atoms with Gasteiger partial charge in [-0.25, -0.2) is 5.01 Å². The molecule has 0 unspecified atom stereocenters. The molecular formula is C15H13N5O4S. The number of nitrogens with one attached hydrogen (secondary N) is 2. The molecule has 1 aromatic heterocycles. The molecule has 0 radical (unpaired) electrons. The van der Waals surface area contributed by atoms with E-state index < -0.39 is 17.1 Å². The predicted molar refractivity (Wildman–Crippen MR) is 91.8 cm³/mol. The van der Waals surface area contributed by atoms with E-state index in [1.165, 1.54) is 23.9 Å². The molecule has 2 N–H and O–H groups in total. The van der Waals surface area contributed by atoms with E-state index in [0.717, 1.165) is 11.3 Å². The molecule has 2 atom stereocenters. The SMILES string of the molecule is CSC1=NN2[C@H](C(=O)N1)c1ccccc1N[C@H]2c1ccc([N+](=O)[O-])o1. The number of benzene rings is 1. The monoisotopic (exact) mass is 359 g/mol. The first-order valence-electron chi connectivity index (χ1n) is 7.40. The van der Waals surface area contributed by atoms with E-state index in [0.29, 0.717) is 10.9 Å². The first kappa shape index (κ1) is 15.5. The maximum Gasteiger partial charge on any atom is 0.433 e. The van der Waals surface area contributed by atoms with Gasteiger partial charge in [-0.2, -0.15) is 0 Å². The van der Waals surface area contributed by atoms with Crippen LogP contribution in [0.5, 0.6) is 0 Å². The Morgan fingerprint density at radius 3 is 2.84 bits per heavy atom. The number of thioether (sulfide) groups is 1. The van der Waals surface area contributed by atoms with Gasteiger partial charge in [0.05, 0.1) is 6.07 Å². The van der Waals surface area contributed by atoms with Crippen LogP contribution >= 0.6 is 11.8 Å². The molecule has 2 aliphatic rings. The first-order chi connectivity index (χ1) is 12.1. The number of carbonyl (C=O) groups is 1. The van der Waals surface area contributed by atoms with Crippen molar-refractivity contribution < 1.29 is 14.1 Å². The lowest BCUT2D eigenvalue weighted by atomic mass is 9.99. The molecule has 10 heteroatoms. The van der Waals surface area contributed by atoms with Crippen molar-refractivity contribution in [3.63, 3.8) is 0 Å². The standard InChI is InChI=1S/C15H13N5O4S/c1-25-15-17-14(21)12-8-4-2-3-5-9(8)16-13(19(12)18-15)10-6-7-11(24-10)20(22)23/h2-7,12-13,16H,1H3,(H,17,18,21)/t12-,13+/m0/s1. The molecule has 0 saturated carbocycles. The molecule has 3 heterocycles. The quantitative estimate of drug-likeness (QED) is 0.625. The van der Waals surface area contributed by atoms with E-state index in [-0.39, 0.29) is 11.8 Å². The van der Waals surface area contributed by atoms with Crippen LogP contribution in [0.3, 0.4) is 0 Å². The molecule has 0 saturated heterocycles. The van der Waals surface area contributed by atoms with Crippen molar-refractivity contribution >= 4 is 34.4 Å². The van der Waals surface area contributed by atoms with Gasteiger partial charge in [-0.1, -0.05) is 30.0 Å². The highest BCUT2D eigenvalue weighted by atomic mass is 32.2. The number of amidine groups is 1. The van der Waals surface area contributed by atoms with Crippen LogP contribution in [0.4, 0.5) is 11.6 Å². The molecule has 2 aliphatic heterocycles. The number of carbonyl (C=O) groups excluding carboxylic acids is 1. The molecular weight excluding hydrogens is 346 g/mol. The van der Waals surface area contributed by atoms with Crippen LogP contribution in [-0.4, -0.2) is 27.3 Å². The zero-order valence-corrected chi connectivity index (χ0v) is 13.8. The fraction of sp³-hybridized carbons (Fsp3) is 0.200. The number of anilines is 1. The van der Waals surface area contributed by atoms with E-state index in [9.17, 15) is 14.9 Å². The third kappa shape index (κ3) is 2.50. The number of rotatable bonds is 2. The van der Waals surface area contributed by atoms with Crippen LogP contribution in [-0.2, 0) is 4.79 Å². The highest BCUT2D eigenvalue weighted by Gasteiger charge is 2.43. The maximum atomic E-state index is 12.6. The third-order valence-corrected chi connectivity index (χ3v) is 4.59. The van der Waals surface area contributed by atoms with E-state index >= 15 is 0 Å². The van der Waals surface area contributed by atoms with Gasteiger partial charge in [-0.15, -0.1) is 5.10 Å². The number of nitrogens with zero attached hydrogens (tertiary/aromatic N) is 3. The maximum absolute atomic E-state index is 12.6. The van der Waals surface area contributed by atoms with E-state index in [4.69, 9.17) is 4.42 Å². The van der Waals surface area contributed by atoms with E-state index in [1.54, 1.807) is 11.3 Å². The van der Waals surface area contributed by atoms with Crippen molar-refractivity contribution in [2.45, 2.75) is 12.2 Å². The molecule has 2 aromatic rings. The Morgan fingerprint density at radius 2 is 2.12 bits per heavy atom. The van der Waals surface area contributed by atoms with Crippen molar-refractivity contribution in [3.05, 3.63) is 57.8 Å². The zero-order chi connectivity index (χ0) is 17.6. The Hall–Kier alpha value is -3.01. The minimum Gasteiger partial charge on any atom is -0.401 e. The molecule has 25 heavy (non-hydrogen) atoms. The second-order valence-electron chi connectivity index (χ2n) is 5.45. The van der Waals surface area contributed by atoms with Crippen molar-refractivity contribution in [3.8, 4) is 0 Å². The Kier molecular flexibility index (Phi) is 3.61. The minimum absolute atomic E-state index is 0.209. The number of hydrazone groups is 1. The summed E-state index contributed by atoms with van der Waals surface area (Å²) >= 11 is 1.30. The van der Waals surface area contributed by atoms with Crippen molar-refractivity contribution in [2.24, 2.45) is 5.10 Å². The van der Waals surface area contributed by atoms with Crippen LogP contribution in [0.1, 0.15) is 23.5 Å².